The van der Waals surface area contributed by atoms with E-state index in [1.54, 1.807) is 35.6 Å². The van der Waals surface area contributed by atoms with Gasteiger partial charge in [0.1, 0.15) is 0 Å². The number of anilines is 1. The lowest BCUT2D eigenvalue weighted by Gasteiger charge is -2.28. The molecule has 1 aliphatic rings. The Labute approximate surface area is 198 Å². The van der Waals surface area contributed by atoms with Crippen LogP contribution in [0.2, 0.25) is 0 Å². The van der Waals surface area contributed by atoms with Crippen LogP contribution in [0, 0.1) is 6.92 Å². The summed E-state index contributed by atoms with van der Waals surface area (Å²) in [5.41, 5.74) is 3.66. The lowest BCUT2D eigenvalue weighted by Crippen LogP contribution is -2.35. The van der Waals surface area contributed by atoms with Gasteiger partial charge in [0.05, 0.1) is 13.2 Å². The molecule has 7 heteroatoms. The van der Waals surface area contributed by atoms with Crippen molar-refractivity contribution in [2.45, 2.75) is 33.7 Å². The molecule has 0 fully saturated rings. The molecule has 172 valence electrons. The van der Waals surface area contributed by atoms with Gasteiger partial charge in [0.15, 0.2) is 11.5 Å². The smallest absolute Gasteiger partial charge is 0.255 e. The highest BCUT2D eigenvalue weighted by molar-refractivity contribution is 7.10. The van der Waals surface area contributed by atoms with Crippen LogP contribution in [-0.4, -0.2) is 36.5 Å². The van der Waals surface area contributed by atoms with E-state index < -0.39 is 0 Å². The Kier molecular flexibility index (Phi) is 6.99. The van der Waals surface area contributed by atoms with Crippen molar-refractivity contribution in [3.63, 3.8) is 0 Å². The van der Waals surface area contributed by atoms with E-state index >= 15 is 0 Å². The molecule has 0 aliphatic carbocycles. The molecular formula is C26H28N2O4S. The summed E-state index contributed by atoms with van der Waals surface area (Å²) in [5, 5.41) is 5.03. The minimum absolute atomic E-state index is 0.0138. The minimum atomic E-state index is -0.271. The Morgan fingerprint density at radius 2 is 1.85 bits per heavy atom. The number of benzene rings is 2. The number of rotatable bonds is 7. The molecule has 3 aromatic rings. The van der Waals surface area contributed by atoms with Crippen molar-refractivity contribution in [3.8, 4) is 11.5 Å². The molecule has 2 aromatic carbocycles. The number of nitrogens with zero attached hydrogens (tertiary/aromatic N) is 1. The van der Waals surface area contributed by atoms with Gasteiger partial charge >= 0.3 is 0 Å². The first kappa shape index (κ1) is 22.9. The second-order valence-electron chi connectivity index (χ2n) is 7.81. The van der Waals surface area contributed by atoms with Crippen LogP contribution in [0.5, 0.6) is 11.5 Å². The zero-order valence-electron chi connectivity index (χ0n) is 19.1. The maximum Gasteiger partial charge on any atom is 0.255 e. The van der Waals surface area contributed by atoms with Gasteiger partial charge < -0.3 is 19.7 Å². The number of ether oxygens (including phenoxy) is 2. The fourth-order valence-corrected chi connectivity index (χ4v) is 4.87. The van der Waals surface area contributed by atoms with Crippen LogP contribution in [0.4, 0.5) is 5.69 Å². The molecule has 1 aliphatic heterocycles. The third kappa shape index (κ3) is 4.88. The Balaban J connectivity index is 1.53. The van der Waals surface area contributed by atoms with E-state index in [2.05, 4.69) is 16.8 Å². The summed E-state index contributed by atoms with van der Waals surface area (Å²) in [4.78, 5) is 29.5. The molecule has 1 aromatic heterocycles. The van der Waals surface area contributed by atoms with Crippen molar-refractivity contribution < 1.29 is 19.1 Å². The van der Waals surface area contributed by atoms with Crippen LogP contribution >= 0.6 is 11.3 Å². The highest BCUT2D eigenvalue weighted by atomic mass is 32.1. The van der Waals surface area contributed by atoms with Crippen LogP contribution in [0.15, 0.2) is 47.8 Å². The van der Waals surface area contributed by atoms with Gasteiger partial charge in [-0.15, -0.1) is 11.3 Å². The number of hydrogen-bond donors (Lipinski definition) is 1. The van der Waals surface area contributed by atoms with Crippen LogP contribution in [-0.2, 0) is 13.0 Å². The molecule has 0 spiro atoms. The molecule has 1 N–H and O–H groups in total. The summed E-state index contributed by atoms with van der Waals surface area (Å²) >= 11 is 1.75. The average Bonchev–Trinajstić information content (AvgIpc) is 3.29. The van der Waals surface area contributed by atoms with Crippen molar-refractivity contribution in [1.29, 1.82) is 0 Å². The Hall–Kier alpha value is -3.32. The Morgan fingerprint density at radius 3 is 2.64 bits per heavy atom. The molecule has 2 amide bonds. The molecule has 0 unspecified atom stereocenters. The van der Waals surface area contributed by atoms with Gasteiger partial charge in [0.2, 0.25) is 0 Å². The van der Waals surface area contributed by atoms with E-state index in [-0.39, 0.29) is 11.8 Å². The average molecular weight is 465 g/mol. The number of fused-ring (bicyclic) bond motifs is 1. The molecule has 0 bridgehead atoms. The van der Waals surface area contributed by atoms with Crippen molar-refractivity contribution in [2.24, 2.45) is 0 Å². The lowest BCUT2D eigenvalue weighted by atomic mass is 10.0. The summed E-state index contributed by atoms with van der Waals surface area (Å²) in [6.45, 7) is 7.96. The van der Waals surface area contributed by atoms with Crippen LogP contribution in [0.3, 0.4) is 0 Å². The first-order valence-corrected chi connectivity index (χ1v) is 12.0. The molecule has 2 heterocycles. The zero-order chi connectivity index (χ0) is 23.4. The lowest BCUT2D eigenvalue weighted by molar-refractivity contribution is 0.0735. The van der Waals surface area contributed by atoms with E-state index in [1.807, 2.05) is 37.8 Å². The maximum atomic E-state index is 13.3. The summed E-state index contributed by atoms with van der Waals surface area (Å²) in [5.74, 6) is 0.855. The number of carbonyl (C=O) groups is 2. The van der Waals surface area contributed by atoms with Gasteiger partial charge in [-0.1, -0.05) is 6.07 Å². The first-order chi connectivity index (χ1) is 16.0. The highest BCUT2D eigenvalue weighted by Crippen LogP contribution is 2.30. The van der Waals surface area contributed by atoms with Crippen molar-refractivity contribution in [3.05, 3.63) is 75.0 Å². The molecule has 4 rings (SSSR count). The van der Waals surface area contributed by atoms with Crippen molar-refractivity contribution in [1.82, 2.24) is 4.90 Å². The normalized spacial score (nSPS) is 12.8. The molecular weight excluding hydrogens is 436 g/mol. The van der Waals surface area contributed by atoms with E-state index in [9.17, 15) is 9.59 Å². The number of thiophene rings is 1. The van der Waals surface area contributed by atoms with Crippen LogP contribution < -0.4 is 14.8 Å². The van der Waals surface area contributed by atoms with Crippen LogP contribution in [0.1, 0.15) is 50.6 Å². The Bertz CT molecular complexity index is 1170. The van der Waals surface area contributed by atoms with Crippen molar-refractivity contribution >= 4 is 28.8 Å². The topological polar surface area (TPSA) is 67.9 Å². The van der Waals surface area contributed by atoms with Crippen molar-refractivity contribution in [2.75, 3.05) is 25.1 Å². The molecule has 6 nitrogen and oxygen atoms in total. The largest absolute Gasteiger partial charge is 0.490 e. The van der Waals surface area contributed by atoms with Gasteiger partial charge in [-0.25, -0.2) is 0 Å². The quantitative estimate of drug-likeness (QED) is 0.515. The number of amides is 2. The molecule has 0 saturated carbocycles. The fraction of sp³-hybridized carbons (Fsp3) is 0.308. The van der Waals surface area contributed by atoms with E-state index in [1.165, 1.54) is 10.4 Å². The predicted octanol–water partition coefficient (Wildman–Crippen LogP) is 5.30. The van der Waals surface area contributed by atoms with Gasteiger partial charge in [-0.2, -0.15) is 0 Å². The number of nitrogens with one attached hydrogen (secondary N) is 1. The monoisotopic (exact) mass is 464 g/mol. The third-order valence-corrected chi connectivity index (χ3v) is 6.74. The first-order valence-electron chi connectivity index (χ1n) is 11.2. The van der Waals surface area contributed by atoms with Gasteiger partial charge in [0.25, 0.3) is 11.8 Å². The molecule has 0 radical (unpaired) electrons. The fourth-order valence-electron chi connectivity index (χ4n) is 3.98. The SMILES string of the molecule is CCOc1ccc(C(=O)Nc2cccc(C(=O)N3CCc4sccc4C3)c2C)cc1OCC. The molecule has 0 saturated heterocycles. The van der Waals surface area contributed by atoms with E-state index in [0.29, 0.717) is 54.6 Å². The standard InChI is InChI=1S/C26H28N2O4S/c1-4-31-22-10-9-18(15-23(22)32-5-2)25(29)27-21-8-6-7-20(17(21)3)26(30)28-13-11-24-19(16-28)12-14-33-24/h6-10,12,14-15H,4-5,11,13,16H2,1-3H3,(H,27,29). The number of hydrogen-bond acceptors (Lipinski definition) is 5. The van der Waals surface area contributed by atoms with Crippen LogP contribution in [0.25, 0.3) is 0 Å². The molecule has 0 atom stereocenters. The van der Waals surface area contributed by atoms with Gasteiger partial charge in [-0.3, -0.25) is 9.59 Å². The van der Waals surface area contributed by atoms with E-state index in [0.717, 1.165) is 12.0 Å². The second-order valence-corrected chi connectivity index (χ2v) is 8.81. The molecule has 33 heavy (non-hydrogen) atoms. The highest BCUT2D eigenvalue weighted by Gasteiger charge is 2.24. The maximum absolute atomic E-state index is 13.3. The minimum Gasteiger partial charge on any atom is -0.490 e. The Morgan fingerprint density at radius 1 is 1.06 bits per heavy atom. The van der Waals surface area contributed by atoms with Gasteiger partial charge in [-0.05, 0) is 80.1 Å². The van der Waals surface area contributed by atoms with Gasteiger partial charge in [0, 0.05) is 34.8 Å². The third-order valence-electron chi connectivity index (χ3n) is 5.71. The summed E-state index contributed by atoms with van der Waals surface area (Å²) in [6, 6.07) is 12.7. The second kappa shape index (κ2) is 10.1. The number of carbonyl (C=O) groups excluding carboxylic acids is 2. The summed E-state index contributed by atoms with van der Waals surface area (Å²) < 4.78 is 11.2. The zero-order valence-corrected chi connectivity index (χ0v) is 20.0. The summed E-state index contributed by atoms with van der Waals surface area (Å²) in [7, 11) is 0. The summed E-state index contributed by atoms with van der Waals surface area (Å²) in [6.07, 6.45) is 0.883. The predicted molar refractivity (Wildman–Crippen MR) is 131 cm³/mol. The van der Waals surface area contributed by atoms with E-state index in [4.69, 9.17) is 9.47 Å².